The molecule has 19 aliphatic rings. The predicted octanol–water partition coefficient (Wildman–Crippen LogP) is 15.3. The van der Waals surface area contributed by atoms with Gasteiger partial charge in [-0.1, -0.05) is 114 Å². The Bertz CT molecular complexity index is 3220. The largest absolute Gasteiger partial charge is 0.508 e. The Hall–Kier alpha value is -2.66. The summed E-state index contributed by atoms with van der Waals surface area (Å²) in [7, 11) is 4.39. The van der Waals surface area contributed by atoms with Gasteiger partial charge in [0.25, 0.3) is 0 Å². The van der Waals surface area contributed by atoms with E-state index in [0.717, 1.165) is 73.9 Å². The number of aliphatic hydroxyl groups excluding tert-OH is 1. The summed E-state index contributed by atoms with van der Waals surface area (Å²) in [5.41, 5.74) is 15.5. The fraction of sp³-hybridized carbons (Fsp3) is 0.784. The van der Waals surface area contributed by atoms with E-state index in [1.165, 1.54) is 159 Å². The SMILES string of the molecule is CC1CC2=C3C4C5=C6C7CC14CC1CSSCC4CCCCC4C(C=C17)CC1C64C(=O)OC(=C(O)C6CCC7C8CC(CN7C6C6CC7(CCCC7)C7(CCCC79CCCC9)C6)C(CC2)N3C8)C4(CC5)C12OC(=O)c1c(CCCN)cccc12. The van der Waals surface area contributed by atoms with Crippen LogP contribution >= 0.6 is 21.6 Å². The number of benzene rings is 1. The van der Waals surface area contributed by atoms with Gasteiger partial charge in [0, 0.05) is 77.7 Å². The third-order valence-electron chi connectivity index (χ3n) is 31.8. The number of nitrogens with zero attached hydrogens (tertiary/aromatic N) is 2. The number of carbonyl (C=O) groups is 2. The van der Waals surface area contributed by atoms with Gasteiger partial charge in [0.2, 0.25) is 0 Å². The second-order valence-electron chi connectivity index (χ2n) is 33.5. The Kier molecular flexibility index (Phi) is 10.9. The molecule has 7 saturated carbocycles. The van der Waals surface area contributed by atoms with Crippen LogP contribution in [0, 0.1) is 104 Å². The first-order valence-corrected chi connectivity index (χ1v) is 38.2. The van der Waals surface area contributed by atoms with Crippen molar-refractivity contribution in [3.8, 4) is 0 Å². The molecule has 7 spiro atoms. The molecular weight excluding hydrogens is 1070 g/mol. The molecule has 8 aliphatic heterocycles. The van der Waals surface area contributed by atoms with E-state index in [2.05, 4.69) is 62.6 Å². The molecular formula is C74H95N3O5S2. The van der Waals surface area contributed by atoms with Gasteiger partial charge in [-0.3, -0.25) is 9.69 Å². The van der Waals surface area contributed by atoms with Gasteiger partial charge < -0.3 is 25.2 Å². The van der Waals surface area contributed by atoms with E-state index in [1.807, 2.05) is 0 Å². The van der Waals surface area contributed by atoms with Crippen LogP contribution in [0.5, 0.6) is 0 Å². The molecule has 11 aliphatic carbocycles. The smallest absolute Gasteiger partial charge is 0.339 e. The molecule has 84 heavy (non-hydrogen) atoms. The Morgan fingerprint density at radius 1 is 0.786 bits per heavy atom. The minimum atomic E-state index is -1.16. The van der Waals surface area contributed by atoms with Crippen molar-refractivity contribution >= 4 is 33.5 Å². The van der Waals surface area contributed by atoms with E-state index in [4.69, 9.17) is 15.2 Å². The van der Waals surface area contributed by atoms with Crippen molar-refractivity contribution in [2.24, 2.45) is 109 Å². The second-order valence-corrected chi connectivity index (χ2v) is 36.0. The summed E-state index contributed by atoms with van der Waals surface area (Å²) in [5.74, 6) is 7.17. The van der Waals surface area contributed by atoms with Crippen LogP contribution < -0.4 is 5.73 Å². The summed E-state index contributed by atoms with van der Waals surface area (Å²) in [6.45, 7) is 5.59. The summed E-state index contributed by atoms with van der Waals surface area (Å²) < 4.78 is 15.4. The molecule has 0 amide bonds. The normalized spacial score (nSPS) is 49.7. The number of carbonyl (C=O) groups excluding carboxylic acids is 2. The van der Waals surface area contributed by atoms with Crippen LogP contribution in [0.3, 0.4) is 0 Å². The van der Waals surface area contributed by atoms with Crippen LogP contribution in [0.2, 0.25) is 0 Å². The first kappa shape index (κ1) is 52.1. The lowest BCUT2D eigenvalue weighted by atomic mass is 9.26. The standard InChI is InChI=1S/C74H95N3O5S2/c1-41-29-43-16-18-56-46-30-47-38-77(56)63(43)61-51-20-27-72-65(64(78)52-17-19-57(47)76(37-46)62(52)48-33-69(23-6-7-24-69)71(35-48)26-10-25-68(71)21-4-5-22-68)81-67(80)73(72)58(74(72)55-15-8-12-42(13-9-28-75)59(55)66(79)82-74)32-45-31-53-49(34-70(41,61)36-54(53)60(51)73)40-84-83-39-44-11-2-3-14-50(44)45/h8,12,15,31,41,44-50,52,54,56-58,61-62,78H,2-7,9-11,13-14,16-30,32-40,75H2,1H3. The van der Waals surface area contributed by atoms with Crippen LogP contribution in [0.25, 0.3) is 0 Å². The molecule has 11 fully saturated rings. The van der Waals surface area contributed by atoms with Crippen molar-refractivity contribution in [2.45, 2.75) is 223 Å². The van der Waals surface area contributed by atoms with Gasteiger partial charge in [0.1, 0.15) is 11.2 Å². The zero-order chi connectivity index (χ0) is 55.6. The Morgan fingerprint density at radius 3 is 2.48 bits per heavy atom. The number of hydrogen-bond donors (Lipinski definition) is 2. The Morgan fingerprint density at radius 2 is 1.61 bits per heavy atom. The molecule has 3 N–H and O–H groups in total. The number of allylic oxidation sites excluding steroid dienone is 4. The fourth-order valence-corrected chi connectivity index (χ4v) is 32.5. The average Bonchev–Trinajstić information content (AvgIpc) is 1.25. The van der Waals surface area contributed by atoms with Crippen LogP contribution in [0.15, 0.2) is 63.8 Å². The van der Waals surface area contributed by atoms with E-state index in [0.29, 0.717) is 94.2 Å². The average molecular weight is 1170 g/mol. The van der Waals surface area contributed by atoms with Gasteiger partial charge >= 0.3 is 11.9 Å². The first-order chi connectivity index (χ1) is 41.1. The zero-order valence-electron chi connectivity index (χ0n) is 50.6. The summed E-state index contributed by atoms with van der Waals surface area (Å²) in [6, 6.07) is 7.89. The van der Waals surface area contributed by atoms with Crippen LogP contribution in [0.1, 0.15) is 215 Å². The number of piperidine rings is 3. The monoisotopic (exact) mass is 1170 g/mol. The lowest BCUT2D eigenvalue weighted by Crippen LogP contribution is -2.78. The van der Waals surface area contributed by atoms with Crippen molar-refractivity contribution in [3.05, 3.63) is 80.5 Å². The van der Waals surface area contributed by atoms with Crippen molar-refractivity contribution in [2.75, 3.05) is 31.1 Å². The molecule has 4 saturated heterocycles. The van der Waals surface area contributed by atoms with E-state index < -0.39 is 16.4 Å². The predicted molar refractivity (Wildman–Crippen MR) is 330 cm³/mol. The van der Waals surface area contributed by atoms with Gasteiger partial charge in [-0.05, 0) is 234 Å². The maximum Gasteiger partial charge on any atom is 0.339 e. The number of fused-ring (bicyclic) bond motifs is 13. The van der Waals surface area contributed by atoms with Crippen molar-refractivity contribution in [3.63, 3.8) is 0 Å². The molecule has 1 aromatic carbocycles. The van der Waals surface area contributed by atoms with E-state index in [9.17, 15) is 5.11 Å². The summed E-state index contributed by atoms with van der Waals surface area (Å²) in [4.78, 5) is 39.6. The maximum atomic E-state index is 17.4. The molecule has 448 valence electrons. The van der Waals surface area contributed by atoms with Gasteiger partial charge in [0.05, 0.1) is 11.0 Å². The minimum Gasteiger partial charge on any atom is -0.508 e. The molecule has 20 unspecified atom stereocenters. The molecule has 8 nitrogen and oxygen atoms in total. The molecule has 0 aromatic heterocycles. The van der Waals surface area contributed by atoms with Gasteiger partial charge in [-0.2, -0.15) is 0 Å². The van der Waals surface area contributed by atoms with Gasteiger partial charge in [-0.15, -0.1) is 0 Å². The van der Waals surface area contributed by atoms with Gasteiger partial charge in [0.15, 0.2) is 11.4 Å². The van der Waals surface area contributed by atoms with Crippen molar-refractivity contribution in [1.29, 1.82) is 0 Å². The second kappa shape index (κ2) is 17.6. The fourth-order valence-electron chi connectivity index (χ4n) is 29.7. The highest BCUT2D eigenvalue weighted by atomic mass is 33.1. The van der Waals surface area contributed by atoms with Crippen molar-refractivity contribution in [1.82, 2.24) is 9.80 Å². The number of nitrogens with two attached hydrogens (primary N) is 1. The van der Waals surface area contributed by atoms with Crippen LogP contribution in [-0.2, 0) is 26.3 Å². The number of hydrogen-bond acceptors (Lipinski definition) is 10. The topological polar surface area (TPSA) is 105 Å². The number of aliphatic hydroxyl groups is 1. The molecule has 20 atom stereocenters. The first-order valence-electron chi connectivity index (χ1n) is 35.7. The van der Waals surface area contributed by atoms with Gasteiger partial charge in [-0.25, -0.2) is 4.79 Å². The number of rotatable bonds is 4. The summed E-state index contributed by atoms with van der Waals surface area (Å²) in [5, 5.41) is 14.8. The lowest BCUT2D eigenvalue weighted by Gasteiger charge is -2.75. The zero-order valence-corrected chi connectivity index (χ0v) is 52.2. The third kappa shape index (κ3) is 5.86. The summed E-state index contributed by atoms with van der Waals surface area (Å²) >= 11 is 0. The van der Waals surface area contributed by atoms with Crippen LogP contribution in [0.4, 0.5) is 0 Å². The van der Waals surface area contributed by atoms with E-state index in [-0.39, 0.29) is 53.0 Å². The quantitative estimate of drug-likeness (QED) is 0.172. The number of ether oxygens (including phenoxy) is 2. The van der Waals surface area contributed by atoms with Crippen LogP contribution in [-0.4, -0.2) is 76.1 Å². The molecule has 11 bridgehead atoms. The minimum absolute atomic E-state index is 0.0830. The Balaban J connectivity index is 0.877. The van der Waals surface area contributed by atoms with E-state index >= 15 is 9.59 Å². The highest BCUT2D eigenvalue weighted by Gasteiger charge is 2.95. The highest BCUT2D eigenvalue weighted by Crippen LogP contribution is 2.90. The maximum absolute atomic E-state index is 17.4. The number of esters is 2. The molecule has 1 aromatic rings. The van der Waals surface area contributed by atoms with E-state index in [1.54, 1.807) is 22.4 Å². The highest BCUT2D eigenvalue weighted by molar-refractivity contribution is 8.76. The molecule has 8 heterocycles. The molecule has 20 rings (SSSR count). The third-order valence-corrected chi connectivity index (χ3v) is 34.4. The number of aryl methyl sites for hydroxylation is 1. The van der Waals surface area contributed by atoms with Crippen molar-refractivity contribution < 1.29 is 24.2 Å². The Labute approximate surface area is 508 Å². The summed E-state index contributed by atoms with van der Waals surface area (Å²) in [6.07, 6.45) is 39.5. The lowest BCUT2D eigenvalue weighted by molar-refractivity contribution is -0.284. The molecule has 0 radical (unpaired) electrons. The molecule has 10 heteroatoms.